The van der Waals surface area contributed by atoms with Crippen LogP contribution >= 0.6 is 0 Å². The molecule has 0 aliphatic rings. The quantitative estimate of drug-likeness (QED) is 0.632. The van der Waals surface area contributed by atoms with Gasteiger partial charge in [-0.25, -0.2) is 14.6 Å². The number of pyridine rings is 1. The van der Waals surface area contributed by atoms with Gasteiger partial charge in [0.15, 0.2) is 6.61 Å². The minimum Gasteiger partial charge on any atom is -0.452 e. The van der Waals surface area contributed by atoms with Gasteiger partial charge in [-0.15, -0.1) is 0 Å². The number of rotatable bonds is 5. The number of aromatic nitrogens is 1. The molecule has 0 saturated heterocycles. The third-order valence-electron chi connectivity index (χ3n) is 4.39. The zero-order valence-corrected chi connectivity index (χ0v) is 17.1. The molecule has 0 aliphatic heterocycles. The maximum Gasteiger partial charge on any atom is 0.339 e. The molecule has 0 spiro atoms. The third-order valence-corrected chi connectivity index (χ3v) is 4.39. The molecule has 2 aromatic carbocycles. The van der Waals surface area contributed by atoms with E-state index in [9.17, 15) is 14.4 Å². The molecule has 3 amide bonds. The topological polar surface area (TPSA) is 97.4 Å². The standard InChI is InChI=1S/C23H23N3O4/c1-14(2)24-23(29)26-19(27)13-30-22(28)20-15(3)21(16-9-5-4-6-10-16)25-18-12-8-7-11-17(18)20/h4-12,14H,13H2,1-3H3,(H2,24,26,27,29). The first kappa shape index (κ1) is 21.0. The third kappa shape index (κ3) is 4.81. The van der Waals surface area contributed by atoms with Gasteiger partial charge < -0.3 is 10.1 Å². The van der Waals surface area contributed by atoms with E-state index in [1.807, 2.05) is 48.5 Å². The lowest BCUT2D eigenvalue weighted by Crippen LogP contribution is -2.44. The number of esters is 1. The fraction of sp³-hybridized carbons (Fsp3) is 0.217. The monoisotopic (exact) mass is 405 g/mol. The average Bonchev–Trinajstić information content (AvgIpc) is 2.71. The number of carbonyl (C=O) groups excluding carboxylic acids is 3. The molecule has 1 heterocycles. The summed E-state index contributed by atoms with van der Waals surface area (Å²) in [7, 11) is 0. The highest BCUT2D eigenvalue weighted by atomic mass is 16.5. The van der Waals surface area contributed by atoms with Gasteiger partial charge in [0.05, 0.1) is 16.8 Å². The predicted molar refractivity (Wildman–Crippen MR) is 114 cm³/mol. The Balaban J connectivity index is 1.87. The molecule has 3 aromatic rings. The predicted octanol–water partition coefficient (Wildman–Crippen LogP) is 3.60. The number of nitrogens with zero attached hydrogens (tertiary/aromatic N) is 1. The van der Waals surface area contributed by atoms with Crippen molar-refractivity contribution in [3.05, 3.63) is 65.7 Å². The smallest absolute Gasteiger partial charge is 0.339 e. The minimum atomic E-state index is -0.708. The zero-order valence-electron chi connectivity index (χ0n) is 17.1. The van der Waals surface area contributed by atoms with Crippen LogP contribution in [-0.2, 0) is 9.53 Å². The summed E-state index contributed by atoms with van der Waals surface area (Å²) in [5, 5.41) is 5.30. The van der Waals surface area contributed by atoms with Crippen LogP contribution < -0.4 is 10.6 Å². The van der Waals surface area contributed by atoms with Crippen LogP contribution in [0.5, 0.6) is 0 Å². The van der Waals surface area contributed by atoms with Crippen LogP contribution in [0.1, 0.15) is 29.8 Å². The number of benzene rings is 2. The molecule has 0 radical (unpaired) electrons. The highest BCUT2D eigenvalue weighted by Gasteiger charge is 2.21. The van der Waals surface area contributed by atoms with E-state index >= 15 is 0 Å². The van der Waals surface area contributed by atoms with E-state index in [-0.39, 0.29) is 6.04 Å². The Morgan fingerprint density at radius 3 is 2.37 bits per heavy atom. The van der Waals surface area contributed by atoms with E-state index in [4.69, 9.17) is 9.72 Å². The summed E-state index contributed by atoms with van der Waals surface area (Å²) in [5.74, 6) is -1.36. The van der Waals surface area contributed by atoms with E-state index in [2.05, 4.69) is 10.6 Å². The summed E-state index contributed by atoms with van der Waals surface area (Å²) in [6.45, 7) is 4.77. The van der Waals surface area contributed by atoms with E-state index in [0.29, 0.717) is 27.7 Å². The van der Waals surface area contributed by atoms with Gasteiger partial charge in [0.2, 0.25) is 0 Å². The van der Waals surface area contributed by atoms with Crippen LogP contribution in [0.2, 0.25) is 0 Å². The van der Waals surface area contributed by atoms with Crippen molar-refractivity contribution in [2.75, 3.05) is 6.61 Å². The SMILES string of the molecule is Cc1c(-c2ccccc2)nc2ccccc2c1C(=O)OCC(=O)NC(=O)NC(C)C. The van der Waals surface area contributed by atoms with Gasteiger partial charge in [0.25, 0.3) is 5.91 Å². The maximum absolute atomic E-state index is 12.9. The molecule has 0 atom stereocenters. The Labute approximate surface area is 174 Å². The number of amides is 3. The molecule has 0 saturated carbocycles. The molecule has 0 fully saturated rings. The van der Waals surface area contributed by atoms with Crippen LogP contribution in [0, 0.1) is 6.92 Å². The van der Waals surface area contributed by atoms with Gasteiger partial charge in [-0.1, -0.05) is 48.5 Å². The molecule has 7 nitrogen and oxygen atoms in total. The Kier molecular flexibility index (Phi) is 6.41. The Bertz CT molecular complexity index is 1090. The Morgan fingerprint density at radius 1 is 1.00 bits per heavy atom. The molecule has 0 aliphatic carbocycles. The first-order valence-corrected chi connectivity index (χ1v) is 9.59. The van der Waals surface area contributed by atoms with E-state index < -0.39 is 24.5 Å². The van der Waals surface area contributed by atoms with Gasteiger partial charge in [0, 0.05) is 17.0 Å². The number of ether oxygens (including phenoxy) is 1. The summed E-state index contributed by atoms with van der Waals surface area (Å²) in [6.07, 6.45) is 0. The summed E-state index contributed by atoms with van der Waals surface area (Å²) < 4.78 is 5.22. The van der Waals surface area contributed by atoms with Crippen LogP contribution in [0.25, 0.3) is 22.2 Å². The van der Waals surface area contributed by atoms with Crippen molar-refractivity contribution in [2.45, 2.75) is 26.8 Å². The van der Waals surface area contributed by atoms with Crippen LogP contribution in [0.15, 0.2) is 54.6 Å². The largest absolute Gasteiger partial charge is 0.452 e. The Hall–Kier alpha value is -3.74. The van der Waals surface area contributed by atoms with Crippen molar-refractivity contribution >= 4 is 28.8 Å². The summed E-state index contributed by atoms with van der Waals surface area (Å²) in [4.78, 5) is 41.2. The van der Waals surface area contributed by atoms with Crippen LogP contribution in [-0.4, -0.2) is 35.5 Å². The number of hydrogen-bond donors (Lipinski definition) is 2. The number of para-hydroxylation sites is 1. The summed E-state index contributed by atoms with van der Waals surface area (Å²) in [5.41, 5.74) is 3.19. The summed E-state index contributed by atoms with van der Waals surface area (Å²) in [6, 6.07) is 16.0. The lowest BCUT2D eigenvalue weighted by atomic mass is 9.98. The Morgan fingerprint density at radius 2 is 1.67 bits per heavy atom. The molecule has 2 N–H and O–H groups in total. The first-order valence-electron chi connectivity index (χ1n) is 9.59. The lowest BCUT2D eigenvalue weighted by molar-refractivity contribution is -0.123. The molecule has 154 valence electrons. The van der Waals surface area contributed by atoms with Gasteiger partial charge in [-0.3, -0.25) is 10.1 Å². The second-order valence-corrected chi connectivity index (χ2v) is 7.10. The number of carbonyl (C=O) groups is 3. The first-order chi connectivity index (χ1) is 14.4. The number of urea groups is 1. The van der Waals surface area contributed by atoms with Crippen molar-refractivity contribution in [1.82, 2.24) is 15.6 Å². The van der Waals surface area contributed by atoms with E-state index in [1.54, 1.807) is 26.8 Å². The summed E-state index contributed by atoms with van der Waals surface area (Å²) >= 11 is 0. The van der Waals surface area contributed by atoms with Crippen molar-refractivity contribution in [3.8, 4) is 11.3 Å². The number of hydrogen-bond acceptors (Lipinski definition) is 5. The van der Waals surface area contributed by atoms with Crippen LogP contribution in [0.3, 0.4) is 0 Å². The molecular weight excluding hydrogens is 382 g/mol. The van der Waals surface area contributed by atoms with Gasteiger partial charge in [0.1, 0.15) is 0 Å². The van der Waals surface area contributed by atoms with E-state index in [1.165, 1.54) is 0 Å². The van der Waals surface area contributed by atoms with Crippen molar-refractivity contribution in [2.24, 2.45) is 0 Å². The fourth-order valence-electron chi connectivity index (χ4n) is 3.11. The van der Waals surface area contributed by atoms with Gasteiger partial charge >= 0.3 is 12.0 Å². The molecule has 0 bridgehead atoms. The normalized spacial score (nSPS) is 10.7. The molecule has 3 rings (SSSR count). The van der Waals surface area contributed by atoms with E-state index in [0.717, 1.165) is 5.56 Å². The highest BCUT2D eigenvalue weighted by Crippen LogP contribution is 2.30. The minimum absolute atomic E-state index is 0.123. The fourth-order valence-corrected chi connectivity index (χ4v) is 3.11. The second-order valence-electron chi connectivity index (χ2n) is 7.10. The molecule has 1 aromatic heterocycles. The highest BCUT2D eigenvalue weighted by molar-refractivity contribution is 6.07. The van der Waals surface area contributed by atoms with Gasteiger partial charge in [-0.2, -0.15) is 0 Å². The molecule has 7 heteroatoms. The van der Waals surface area contributed by atoms with Crippen molar-refractivity contribution < 1.29 is 19.1 Å². The second kappa shape index (κ2) is 9.17. The number of nitrogens with one attached hydrogen (secondary N) is 2. The van der Waals surface area contributed by atoms with Crippen LogP contribution in [0.4, 0.5) is 4.79 Å². The molecule has 30 heavy (non-hydrogen) atoms. The number of imide groups is 1. The number of fused-ring (bicyclic) bond motifs is 1. The lowest BCUT2D eigenvalue weighted by Gasteiger charge is -2.14. The van der Waals surface area contributed by atoms with Gasteiger partial charge in [-0.05, 0) is 32.4 Å². The molecular formula is C23H23N3O4. The van der Waals surface area contributed by atoms with Crippen molar-refractivity contribution in [3.63, 3.8) is 0 Å². The zero-order chi connectivity index (χ0) is 21.7. The maximum atomic E-state index is 12.9. The average molecular weight is 405 g/mol. The van der Waals surface area contributed by atoms with Crippen molar-refractivity contribution in [1.29, 1.82) is 0 Å². The molecule has 0 unspecified atom stereocenters.